The third kappa shape index (κ3) is 12.6. The average Bonchev–Trinajstić information content (AvgIpc) is 2.93. The number of amides is 2. The van der Waals surface area contributed by atoms with Crippen molar-refractivity contribution in [1.82, 2.24) is 15.3 Å². The molecular formula is C31H46N4O5S. The van der Waals surface area contributed by atoms with Crippen LogP contribution >= 0.6 is 0 Å². The summed E-state index contributed by atoms with van der Waals surface area (Å²) in [4.78, 5) is 32.8. The lowest BCUT2D eigenvalue weighted by Crippen LogP contribution is -2.52. The first kappa shape index (κ1) is 34.2. The van der Waals surface area contributed by atoms with E-state index in [1.807, 2.05) is 101 Å². The SMILES string of the molecule is CC(C)C[C@@H](C(=O)NN(CC(C)C)S(=O)(=O)CCCN)[C@H](CC=Cc1ccccc1)C(=O)NOCc1ccccc1. The molecule has 0 unspecified atom stereocenters. The van der Waals surface area contributed by atoms with E-state index in [-0.39, 0.29) is 50.1 Å². The van der Waals surface area contributed by atoms with Gasteiger partial charge in [0.25, 0.3) is 0 Å². The second kappa shape index (κ2) is 17.7. The molecule has 9 nitrogen and oxygen atoms in total. The van der Waals surface area contributed by atoms with E-state index < -0.39 is 33.7 Å². The summed E-state index contributed by atoms with van der Waals surface area (Å²) in [6.45, 7) is 8.17. The maximum atomic E-state index is 13.8. The number of allylic oxidation sites excluding steroid dienone is 1. The van der Waals surface area contributed by atoms with Gasteiger partial charge in [-0.3, -0.25) is 19.9 Å². The molecule has 2 aromatic rings. The van der Waals surface area contributed by atoms with Gasteiger partial charge in [0.1, 0.15) is 0 Å². The van der Waals surface area contributed by atoms with Crippen LogP contribution in [0.25, 0.3) is 6.08 Å². The largest absolute Gasteiger partial charge is 0.330 e. The van der Waals surface area contributed by atoms with Crippen LogP contribution in [-0.4, -0.2) is 43.5 Å². The van der Waals surface area contributed by atoms with E-state index >= 15 is 0 Å². The van der Waals surface area contributed by atoms with Crippen molar-refractivity contribution >= 4 is 27.9 Å². The molecule has 0 bridgehead atoms. The zero-order chi connectivity index (χ0) is 30.3. The van der Waals surface area contributed by atoms with Crippen molar-refractivity contribution in [3.8, 4) is 0 Å². The molecule has 2 aromatic carbocycles. The van der Waals surface area contributed by atoms with Crippen molar-refractivity contribution in [3.63, 3.8) is 0 Å². The molecule has 2 amide bonds. The molecule has 0 aliphatic rings. The highest BCUT2D eigenvalue weighted by Gasteiger charge is 2.36. The van der Waals surface area contributed by atoms with E-state index in [4.69, 9.17) is 10.6 Å². The van der Waals surface area contributed by atoms with Crippen molar-refractivity contribution in [2.75, 3.05) is 18.8 Å². The van der Waals surface area contributed by atoms with Crippen LogP contribution in [0.1, 0.15) is 58.1 Å². The Balaban J connectivity index is 2.32. The molecule has 226 valence electrons. The maximum Gasteiger partial charge on any atom is 0.247 e. The fourth-order valence-corrected chi connectivity index (χ4v) is 5.82. The monoisotopic (exact) mass is 586 g/mol. The third-order valence-electron chi connectivity index (χ3n) is 6.35. The van der Waals surface area contributed by atoms with Crippen molar-refractivity contribution in [2.45, 2.75) is 53.6 Å². The first-order chi connectivity index (χ1) is 19.5. The predicted molar refractivity (Wildman–Crippen MR) is 163 cm³/mol. The van der Waals surface area contributed by atoms with Crippen LogP contribution in [0.3, 0.4) is 0 Å². The minimum absolute atomic E-state index is 0.0363. The Bertz CT molecular complexity index is 1190. The molecule has 0 heterocycles. The second-order valence-electron chi connectivity index (χ2n) is 11.0. The number of nitrogens with one attached hydrogen (secondary N) is 2. The summed E-state index contributed by atoms with van der Waals surface area (Å²) < 4.78 is 27.1. The molecule has 0 saturated heterocycles. The van der Waals surface area contributed by atoms with E-state index in [0.717, 1.165) is 15.5 Å². The first-order valence-electron chi connectivity index (χ1n) is 14.2. The lowest BCUT2D eigenvalue weighted by Gasteiger charge is -2.30. The van der Waals surface area contributed by atoms with E-state index in [9.17, 15) is 18.0 Å². The summed E-state index contributed by atoms with van der Waals surface area (Å²) in [5.41, 5.74) is 12.6. The molecule has 0 aliphatic heterocycles. The molecule has 2 rings (SSSR count). The molecule has 41 heavy (non-hydrogen) atoms. The van der Waals surface area contributed by atoms with Gasteiger partial charge in [0.15, 0.2) is 0 Å². The van der Waals surface area contributed by atoms with Crippen molar-refractivity contribution in [2.24, 2.45) is 29.4 Å². The van der Waals surface area contributed by atoms with E-state index in [2.05, 4.69) is 10.9 Å². The highest BCUT2D eigenvalue weighted by atomic mass is 32.2. The van der Waals surface area contributed by atoms with E-state index in [1.54, 1.807) is 0 Å². The van der Waals surface area contributed by atoms with Crippen molar-refractivity contribution in [3.05, 3.63) is 77.9 Å². The van der Waals surface area contributed by atoms with Crippen molar-refractivity contribution < 1.29 is 22.8 Å². The van der Waals surface area contributed by atoms with Crippen LogP contribution in [0.15, 0.2) is 66.7 Å². The lowest BCUT2D eigenvalue weighted by molar-refractivity contribution is -0.145. The highest BCUT2D eigenvalue weighted by molar-refractivity contribution is 7.89. The van der Waals surface area contributed by atoms with Gasteiger partial charge in [0, 0.05) is 6.54 Å². The molecule has 2 atom stereocenters. The molecule has 0 fully saturated rings. The number of hydrogen-bond acceptors (Lipinski definition) is 6. The van der Waals surface area contributed by atoms with Crippen LogP contribution in [0.5, 0.6) is 0 Å². The number of hydrazine groups is 1. The Morgan fingerprint density at radius 3 is 2.15 bits per heavy atom. The summed E-state index contributed by atoms with van der Waals surface area (Å²) in [6.07, 6.45) is 4.67. The summed E-state index contributed by atoms with van der Waals surface area (Å²) in [5.74, 6) is -2.73. The fraction of sp³-hybridized carbons (Fsp3) is 0.484. The van der Waals surface area contributed by atoms with Gasteiger partial charge in [-0.25, -0.2) is 13.9 Å². The number of nitrogens with zero attached hydrogens (tertiary/aromatic N) is 1. The van der Waals surface area contributed by atoms with Gasteiger partial charge in [-0.1, -0.05) is 101 Å². The number of carbonyl (C=O) groups is 2. The predicted octanol–water partition coefficient (Wildman–Crippen LogP) is 4.28. The van der Waals surface area contributed by atoms with Crippen LogP contribution < -0.4 is 16.6 Å². The number of hydrogen-bond donors (Lipinski definition) is 3. The fourth-order valence-electron chi connectivity index (χ4n) is 4.31. The van der Waals surface area contributed by atoms with Gasteiger partial charge in [0.2, 0.25) is 21.8 Å². The minimum atomic E-state index is -3.80. The Morgan fingerprint density at radius 1 is 0.927 bits per heavy atom. The quantitative estimate of drug-likeness (QED) is 0.224. The third-order valence-corrected chi connectivity index (χ3v) is 8.06. The Kier molecular flexibility index (Phi) is 14.7. The average molecular weight is 587 g/mol. The van der Waals surface area contributed by atoms with Gasteiger partial charge in [0.05, 0.1) is 24.2 Å². The topological polar surface area (TPSA) is 131 Å². The van der Waals surface area contributed by atoms with E-state index in [1.165, 1.54) is 0 Å². The number of nitrogens with two attached hydrogens (primary N) is 1. The summed E-state index contributed by atoms with van der Waals surface area (Å²) in [7, 11) is -3.80. The maximum absolute atomic E-state index is 13.8. The zero-order valence-corrected chi connectivity index (χ0v) is 25.5. The van der Waals surface area contributed by atoms with Gasteiger partial charge in [-0.15, -0.1) is 4.41 Å². The number of sulfonamides is 1. The van der Waals surface area contributed by atoms with Gasteiger partial charge >= 0.3 is 0 Å². The Morgan fingerprint density at radius 2 is 1.56 bits per heavy atom. The summed E-state index contributed by atoms with van der Waals surface area (Å²) in [5, 5.41) is 0. The normalized spacial score (nSPS) is 13.6. The first-order valence-corrected chi connectivity index (χ1v) is 15.8. The van der Waals surface area contributed by atoms with Crippen LogP contribution in [0.2, 0.25) is 0 Å². The standard InChI is InChI=1S/C31H46N4O5S/c1-24(2)21-29(30(36)33-35(22-25(3)4)41(38,39)20-12-19-32)28(18-11-17-26-13-7-5-8-14-26)31(37)34-40-23-27-15-9-6-10-16-27/h5-11,13-17,24-25,28-29H,12,18-23,32H2,1-4H3,(H,33,36)(H,34,37)/t28-,29+/m0/s1. The van der Waals surface area contributed by atoms with E-state index in [0.29, 0.717) is 6.42 Å². The summed E-state index contributed by atoms with van der Waals surface area (Å²) in [6, 6.07) is 19.1. The van der Waals surface area contributed by atoms with Crippen molar-refractivity contribution in [1.29, 1.82) is 0 Å². The molecule has 0 radical (unpaired) electrons. The summed E-state index contributed by atoms with van der Waals surface area (Å²) >= 11 is 0. The zero-order valence-electron chi connectivity index (χ0n) is 24.7. The molecule has 0 aliphatic carbocycles. The molecule has 10 heteroatoms. The Hall–Kier alpha value is -3.05. The second-order valence-corrected chi connectivity index (χ2v) is 13.0. The lowest BCUT2D eigenvalue weighted by atomic mass is 9.82. The smallest absolute Gasteiger partial charge is 0.247 e. The van der Waals surface area contributed by atoms with Crippen LogP contribution in [-0.2, 0) is 31.1 Å². The number of benzene rings is 2. The Labute approximate surface area is 245 Å². The molecule has 0 saturated carbocycles. The van der Waals surface area contributed by atoms with Crippen LogP contribution in [0.4, 0.5) is 0 Å². The highest BCUT2D eigenvalue weighted by Crippen LogP contribution is 2.26. The van der Waals surface area contributed by atoms with Gasteiger partial charge in [-0.05, 0) is 48.8 Å². The molecule has 0 spiro atoms. The van der Waals surface area contributed by atoms with Gasteiger partial charge < -0.3 is 5.73 Å². The number of rotatable bonds is 18. The number of carbonyl (C=O) groups excluding carboxylic acids is 2. The molecule has 4 N–H and O–H groups in total. The number of hydroxylamine groups is 1. The van der Waals surface area contributed by atoms with Gasteiger partial charge in [-0.2, -0.15) is 0 Å². The minimum Gasteiger partial charge on any atom is -0.330 e. The van der Waals surface area contributed by atoms with Crippen LogP contribution in [0, 0.1) is 23.7 Å². The molecular weight excluding hydrogens is 540 g/mol. The molecule has 0 aromatic heterocycles.